The Balaban J connectivity index is 1.96. The Labute approximate surface area is 85.7 Å². The van der Waals surface area contributed by atoms with Crippen LogP contribution >= 0.6 is 15.9 Å². The Morgan fingerprint density at radius 2 is 2.00 bits per heavy atom. The summed E-state index contributed by atoms with van der Waals surface area (Å²) in [5, 5.41) is 0. The van der Waals surface area contributed by atoms with Crippen LogP contribution in [0.1, 0.15) is 6.42 Å². The molecule has 0 aromatic rings. The second-order valence-electron chi connectivity index (χ2n) is 5.01. The van der Waals surface area contributed by atoms with Gasteiger partial charge >= 0.3 is 0 Å². The van der Waals surface area contributed by atoms with Crippen molar-refractivity contribution in [2.75, 3.05) is 0 Å². The number of Topliss-reactive ketones (excluding diaryl/α,β-unsaturated/α-hetero) is 1. The van der Waals surface area contributed by atoms with E-state index in [0.717, 1.165) is 17.8 Å². The first kappa shape index (κ1) is 7.22. The minimum Gasteiger partial charge on any atom is -0.298 e. The zero-order chi connectivity index (χ0) is 8.74. The number of fused-ring (bicyclic) bond motifs is 2. The molecule has 2 bridgehead atoms. The summed E-state index contributed by atoms with van der Waals surface area (Å²) >= 11 is 3.60. The average Bonchev–Trinajstić information content (AvgIpc) is 2.70. The van der Waals surface area contributed by atoms with Crippen LogP contribution in [0.2, 0.25) is 0 Å². The van der Waals surface area contributed by atoms with Crippen molar-refractivity contribution in [2.24, 2.45) is 35.5 Å². The number of ketones is 1. The Morgan fingerprint density at radius 1 is 1.23 bits per heavy atom. The van der Waals surface area contributed by atoms with E-state index in [0.29, 0.717) is 23.5 Å². The van der Waals surface area contributed by atoms with E-state index < -0.39 is 0 Å². The van der Waals surface area contributed by atoms with Crippen molar-refractivity contribution in [3.8, 4) is 0 Å². The maximum atomic E-state index is 11.9. The van der Waals surface area contributed by atoms with Gasteiger partial charge in [-0.3, -0.25) is 4.79 Å². The molecule has 0 spiro atoms. The fourth-order valence-electron chi connectivity index (χ4n) is 4.53. The van der Waals surface area contributed by atoms with Crippen molar-refractivity contribution >= 4 is 21.7 Å². The van der Waals surface area contributed by atoms with Crippen LogP contribution in [0, 0.1) is 35.5 Å². The lowest BCUT2D eigenvalue weighted by Crippen LogP contribution is -2.24. The predicted octanol–water partition coefficient (Wildman–Crippen LogP) is 2.02. The van der Waals surface area contributed by atoms with E-state index in [2.05, 4.69) is 28.1 Å². The summed E-state index contributed by atoms with van der Waals surface area (Å²) in [5.74, 6) is 4.49. The molecule has 7 atom stereocenters. The lowest BCUT2D eigenvalue weighted by molar-refractivity contribution is -0.121. The number of carbonyl (C=O) groups is 1. The first-order valence-electron chi connectivity index (χ1n) is 5.15. The molecule has 2 heteroatoms. The Hall–Kier alpha value is -0.110. The average molecular weight is 239 g/mol. The highest BCUT2D eigenvalue weighted by Crippen LogP contribution is 2.68. The normalized spacial score (nSPS) is 65.6. The SMILES string of the molecule is O=C1[C@H]2[C@H]3C=C[C@@H]4[C@H]3C[C@@H]2[C@@H]4[C@@H]1Br. The molecular formula is C11H11BrO. The van der Waals surface area contributed by atoms with Gasteiger partial charge in [0.25, 0.3) is 0 Å². The summed E-state index contributed by atoms with van der Waals surface area (Å²) in [7, 11) is 0. The molecule has 0 heterocycles. The maximum absolute atomic E-state index is 11.9. The molecule has 4 aliphatic carbocycles. The molecule has 0 aromatic heterocycles. The highest BCUT2D eigenvalue weighted by Gasteiger charge is 2.67. The summed E-state index contributed by atoms with van der Waals surface area (Å²) in [5.41, 5.74) is 0. The van der Waals surface area contributed by atoms with Gasteiger partial charge in [0.15, 0.2) is 5.78 Å². The molecule has 3 saturated carbocycles. The van der Waals surface area contributed by atoms with Gasteiger partial charge in [-0.15, -0.1) is 0 Å². The predicted molar refractivity (Wildman–Crippen MR) is 52.4 cm³/mol. The minimum absolute atomic E-state index is 0.187. The van der Waals surface area contributed by atoms with E-state index in [9.17, 15) is 4.79 Å². The molecule has 4 rings (SSSR count). The smallest absolute Gasteiger partial charge is 0.150 e. The van der Waals surface area contributed by atoms with Gasteiger partial charge in [0.2, 0.25) is 0 Å². The number of hydrogen-bond acceptors (Lipinski definition) is 1. The quantitative estimate of drug-likeness (QED) is 0.467. The Bertz CT molecular complexity index is 335. The summed E-state index contributed by atoms with van der Waals surface area (Å²) in [6.45, 7) is 0. The van der Waals surface area contributed by atoms with Crippen LogP contribution in [0.25, 0.3) is 0 Å². The van der Waals surface area contributed by atoms with E-state index in [1.54, 1.807) is 0 Å². The molecule has 0 saturated heterocycles. The van der Waals surface area contributed by atoms with Gasteiger partial charge in [0, 0.05) is 5.92 Å². The van der Waals surface area contributed by atoms with Crippen molar-refractivity contribution in [1.29, 1.82) is 0 Å². The van der Waals surface area contributed by atoms with Crippen LogP contribution in [0.3, 0.4) is 0 Å². The second kappa shape index (κ2) is 1.95. The molecule has 4 aliphatic rings. The van der Waals surface area contributed by atoms with E-state index in [1.165, 1.54) is 6.42 Å². The van der Waals surface area contributed by atoms with Crippen LogP contribution in [0.5, 0.6) is 0 Å². The van der Waals surface area contributed by atoms with Gasteiger partial charge in [0.1, 0.15) is 0 Å². The zero-order valence-electron chi connectivity index (χ0n) is 7.19. The van der Waals surface area contributed by atoms with Gasteiger partial charge < -0.3 is 0 Å². The summed E-state index contributed by atoms with van der Waals surface area (Å²) in [4.78, 5) is 12.1. The van der Waals surface area contributed by atoms with Gasteiger partial charge in [-0.25, -0.2) is 0 Å². The van der Waals surface area contributed by atoms with E-state index >= 15 is 0 Å². The fourth-order valence-corrected chi connectivity index (χ4v) is 5.58. The summed E-state index contributed by atoms with van der Waals surface area (Å²) in [6, 6.07) is 0. The van der Waals surface area contributed by atoms with E-state index in [4.69, 9.17) is 0 Å². The van der Waals surface area contributed by atoms with E-state index in [1.807, 2.05) is 0 Å². The highest BCUT2D eigenvalue weighted by atomic mass is 79.9. The lowest BCUT2D eigenvalue weighted by Gasteiger charge is -2.25. The molecule has 68 valence electrons. The molecule has 0 unspecified atom stereocenters. The molecule has 0 N–H and O–H groups in total. The molecule has 0 amide bonds. The van der Waals surface area contributed by atoms with Crippen LogP contribution in [0.4, 0.5) is 0 Å². The molecule has 13 heavy (non-hydrogen) atoms. The second-order valence-corrected chi connectivity index (χ2v) is 6.00. The lowest BCUT2D eigenvalue weighted by atomic mass is 9.79. The van der Waals surface area contributed by atoms with Crippen molar-refractivity contribution in [2.45, 2.75) is 11.2 Å². The van der Waals surface area contributed by atoms with Gasteiger partial charge in [0.05, 0.1) is 4.83 Å². The third-order valence-corrected chi connectivity index (χ3v) is 5.90. The van der Waals surface area contributed by atoms with Crippen molar-refractivity contribution in [3.63, 3.8) is 0 Å². The standard InChI is InChI=1S/C11H11BrO/c12-10-8-4-1-2-5-6(4)3-7(8)9(5)11(10)13/h1-2,4-10H,3H2/t4-,5+,6-,7-,8-,9+,10+/m1/s1. The fraction of sp³-hybridized carbons (Fsp3) is 0.727. The zero-order valence-corrected chi connectivity index (χ0v) is 8.78. The first-order valence-corrected chi connectivity index (χ1v) is 6.07. The van der Waals surface area contributed by atoms with Crippen LogP contribution in [-0.2, 0) is 4.79 Å². The van der Waals surface area contributed by atoms with Crippen molar-refractivity contribution in [1.82, 2.24) is 0 Å². The third kappa shape index (κ3) is 0.577. The Kier molecular flexibility index (Phi) is 1.08. The van der Waals surface area contributed by atoms with Crippen molar-refractivity contribution < 1.29 is 4.79 Å². The van der Waals surface area contributed by atoms with Gasteiger partial charge in [-0.2, -0.15) is 0 Å². The number of halogens is 1. The monoisotopic (exact) mass is 238 g/mol. The van der Waals surface area contributed by atoms with E-state index in [-0.39, 0.29) is 4.83 Å². The minimum atomic E-state index is 0.187. The first-order chi connectivity index (χ1) is 6.29. The third-order valence-electron chi connectivity index (χ3n) is 4.84. The maximum Gasteiger partial charge on any atom is 0.150 e. The highest BCUT2D eigenvalue weighted by molar-refractivity contribution is 9.10. The molecule has 3 fully saturated rings. The molecule has 1 nitrogen and oxygen atoms in total. The number of carbonyl (C=O) groups excluding carboxylic acids is 1. The largest absolute Gasteiger partial charge is 0.298 e. The molecular weight excluding hydrogens is 228 g/mol. The summed E-state index contributed by atoms with van der Waals surface area (Å²) < 4.78 is 0. The topological polar surface area (TPSA) is 17.1 Å². The van der Waals surface area contributed by atoms with Crippen molar-refractivity contribution in [3.05, 3.63) is 12.2 Å². The number of allylic oxidation sites excluding steroid dienone is 2. The Morgan fingerprint density at radius 3 is 2.85 bits per heavy atom. The van der Waals surface area contributed by atoms with Gasteiger partial charge in [-0.05, 0) is 36.0 Å². The van der Waals surface area contributed by atoms with Crippen LogP contribution in [0.15, 0.2) is 12.2 Å². The van der Waals surface area contributed by atoms with Gasteiger partial charge in [-0.1, -0.05) is 28.1 Å². The number of alkyl halides is 1. The number of hydrogen-bond donors (Lipinski definition) is 0. The number of rotatable bonds is 0. The van der Waals surface area contributed by atoms with Crippen LogP contribution < -0.4 is 0 Å². The molecule has 0 radical (unpaired) electrons. The van der Waals surface area contributed by atoms with Crippen LogP contribution in [-0.4, -0.2) is 10.6 Å². The molecule has 0 aromatic carbocycles. The molecule has 0 aliphatic heterocycles. The summed E-state index contributed by atoms with van der Waals surface area (Å²) in [6.07, 6.45) is 6.04.